The van der Waals surface area contributed by atoms with Crippen LogP contribution in [0.2, 0.25) is 0 Å². The Balaban J connectivity index is 1.57. The number of aromatic amines is 1. The SMILES string of the molecule is C=CNC(C(=C)N(CCC)CC(=C)NCc1ccc(C(C)SC(=C)/C(C=C)=C\C=C(/C=C)c2c[nH]c(CN(C)CCC)n2)cc1)c1ccccc1. The molecule has 0 spiro atoms. The maximum Gasteiger partial charge on any atom is 0.121 e. The molecule has 2 unspecified atom stereocenters. The van der Waals surface area contributed by atoms with Crippen molar-refractivity contribution in [1.82, 2.24) is 30.4 Å². The van der Waals surface area contributed by atoms with E-state index in [-0.39, 0.29) is 11.3 Å². The molecule has 6 nitrogen and oxygen atoms in total. The van der Waals surface area contributed by atoms with Crippen LogP contribution in [-0.4, -0.2) is 46.4 Å². The molecule has 0 saturated heterocycles. The molecule has 0 aliphatic carbocycles. The van der Waals surface area contributed by atoms with Gasteiger partial charge < -0.3 is 20.5 Å². The summed E-state index contributed by atoms with van der Waals surface area (Å²) in [5.41, 5.74) is 8.31. The summed E-state index contributed by atoms with van der Waals surface area (Å²) in [6.45, 7) is 35.8. The van der Waals surface area contributed by atoms with E-state index < -0.39 is 0 Å². The van der Waals surface area contributed by atoms with Crippen molar-refractivity contribution in [3.05, 3.63) is 181 Å². The first kappa shape index (κ1) is 40.7. The van der Waals surface area contributed by atoms with Crippen molar-refractivity contribution < 1.29 is 0 Å². The third-order valence-corrected chi connectivity index (χ3v) is 9.64. The molecule has 3 N–H and O–H groups in total. The van der Waals surface area contributed by atoms with Gasteiger partial charge in [-0.3, -0.25) is 4.90 Å². The standard InChI is InChI=1S/C44H58N6S/c1-11-27-49(10)32-43-47-30-42(48-43)39(14-4)26-25-38(13-3)35(8)51-36(9)40-23-21-37(22-24-40)29-46-33(6)31-50(28-12-2)34(7)44(45-15-5)41-19-17-16-18-20-41/h13-26,30,36,44-46H,3-8,11-12,27-29,31-32H2,1-2,9-10H3,(H,47,48)/b38-25-,39-26+. The number of nitrogens with one attached hydrogen (secondary N) is 3. The first-order chi connectivity index (χ1) is 24.6. The molecule has 2 aromatic carbocycles. The predicted molar refractivity (Wildman–Crippen MR) is 223 cm³/mol. The first-order valence-electron chi connectivity index (χ1n) is 17.8. The Kier molecular flexibility index (Phi) is 17.2. The van der Waals surface area contributed by atoms with Crippen molar-refractivity contribution in [3.63, 3.8) is 0 Å². The van der Waals surface area contributed by atoms with Gasteiger partial charge in [0.2, 0.25) is 0 Å². The fourth-order valence-electron chi connectivity index (χ4n) is 5.71. The van der Waals surface area contributed by atoms with Crippen molar-refractivity contribution >= 4 is 17.3 Å². The highest BCUT2D eigenvalue weighted by atomic mass is 32.2. The monoisotopic (exact) mass is 702 g/mol. The zero-order valence-electron chi connectivity index (χ0n) is 31.3. The molecule has 51 heavy (non-hydrogen) atoms. The zero-order chi connectivity index (χ0) is 37.2. The lowest BCUT2D eigenvalue weighted by molar-refractivity contribution is 0.320. The highest BCUT2D eigenvalue weighted by Gasteiger charge is 2.19. The molecule has 7 heteroatoms. The van der Waals surface area contributed by atoms with E-state index in [4.69, 9.17) is 4.98 Å². The lowest BCUT2D eigenvalue weighted by Crippen LogP contribution is -2.35. The van der Waals surface area contributed by atoms with Gasteiger partial charge in [-0.2, -0.15) is 0 Å². The minimum atomic E-state index is -0.0521. The summed E-state index contributed by atoms with van der Waals surface area (Å²) in [6.07, 6.45) is 13.5. The first-order valence-corrected chi connectivity index (χ1v) is 18.6. The molecule has 0 aliphatic heterocycles. The zero-order valence-corrected chi connectivity index (χ0v) is 32.1. The highest BCUT2D eigenvalue weighted by Crippen LogP contribution is 2.37. The molecule has 0 saturated carbocycles. The maximum absolute atomic E-state index is 4.78. The maximum atomic E-state index is 4.78. The summed E-state index contributed by atoms with van der Waals surface area (Å²) in [4.78, 5) is 13.6. The number of hydrogen-bond donors (Lipinski definition) is 3. The summed E-state index contributed by atoms with van der Waals surface area (Å²) in [7, 11) is 2.11. The highest BCUT2D eigenvalue weighted by molar-refractivity contribution is 8.03. The molecule has 0 aliphatic rings. The number of nitrogens with zero attached hydrogens (tertiary/aromatic N) is 3. The molecule has 0 radical (unpaired) electrons. The van der Waals surface area contributed by atoms with E-state index in [1.165, 1.54) is 11.1 Å². The van der Waals surface area contributed by atoms with E-state index in [9.17, 15) is 0 Å². The number of H-pyrrole nitrogens is 1. The quantitative estimate of drug-likeness (QED) is 0.0808. The number of imidazole rings is 1. The third-order valence-electron chi connectivity index (χ3n) is 8.50. The Hall–Kier alpha value is -4.72. The minimum Gasteiger partial charge on any atom is -0.383 e. The number of thioether (sulfide) groups is 1. The Bertz CT molecular complexity index is 1660. The van der Waals surface area contributed by atoms with Gasteiger partial charge in [0.25, 0.3) is 0 Å². The van der Waals surface area contributed by atoms with Crippen molar-refractivity contribution in [2.75, 3.05) is 26.7 Å². The van der Waals surface area contributed by atoms with Crippen LogP contribution in [0.15, 0.2) is 153 Å². The second-order valence-electron chi connectivity index (χ2n) is 12.6. The van der Waals surface area contributed by atoms with Gasteiger partial charge in [0.05, 0.1) is 24.8 Å². The number of hydrogen-bond acceptors (Lipinski definition) is 6. The second kappa shape index (κ2) is 21.5. The molecule has 1 aromatic heterocycles. The van der Waals surface area contributed by atoms with E-state index in [0.717, 1.165) is 77.0 Å². The second-order valence-corrected chi connectivity index (χ2v) is 14.1. The number of aromatic nitrogens is 2. The fourth-order valence-corrected chi connectivity index (χ4v) is 6.72. The Labute approximate surface area is 312 Å². The molecule has 270 valence electrons. The van der Waals surface area contributed by atoms with Gasteiger partial charge in [-0.1, -0.05) is 132 Å². The van der Waals surface area contributed by atoms with Crippen LogP contribution in [0.3, 0.4) is 0 Å². The van der Waals surface area contributed by atoms with E-state index in [2.05, 4.69) is 129 Å². The Morgan fingerprint density at radius 1 is 0.922 bits per heavy atom. The van der Waals surface area contributed by atoms with Crippen LogP contribution in [0.5, 0.6) is 0 Å². The normalized spacial score (nSPS) is 12.9. The van der Waals surface area contributed by atoms with Gasteiger partial charge in [-0.15, -0.1) is 11.8 Å². The van der Waals surface area contributed by atoms with E-state index in [0.29, 0.717) is 13.1 Å². The van der Waals surface area contributed by atoms with Gasteiger partial charge in [0.1, 0.15) is 5.82 Å². The van der Waals surface area contributed by atoms with Gasteiger partial charge in [0, 0.05) is 46.4 Å². The summed E-state index contributed by atoms with van der Waals surface area (Å²) >= 11 is 1.73. The molecular weight excluding hydrogens is 645 g/mol. The van der Waals surface area contributed by atoms with Crippen LogP contribution >= 0.6 is 11.8 Å². The molecule has 3 aromatic rings. The largest absolute Gasteiger partial charge is 0.383 e. The lowest BCUT2D eigenvalue weighted by Gasteiger charge is -2.33. The topological polar surface area (TPSA) is 59.2 Å². The number of allylic oxidation sites excluding steroid dienone is 6. The molecule has 2 atom stereocenters. The number of benzene rings is 2. The summed E-state index contributed by atoms with van der Waals surface area (Å²) < 4.78 is 0. The van der Waals surface area contributed by atoms with Crippen LogP contribution in [0.25, 0.3) is 5.57 Å². The molecular formula is C44H58N6S. The Morgan fingerprint density at radius 2 is 1.63 bits per heavy atom. The van der Waals surface area contributed by atoms with Crippen LogP contribution in [0, 0.1) is 0 Å². The van der Waals surface area contributed by atoms with E-state index >= 15 is 0 Å². The van der Waals surface area contributed by atoms with E-state index in [1.807, 2.05) is 48.7 Å². The van der Waals surface area contributed by atoms with Crippen LogP contribution in [-0.2, 0) is 13.1 Å². The Morgan fingerprint density at radius 3 is 2.25 bits per heavy atom. The molecule has 0 fully saturated rings. The van der Waals surface area contributed by atoms with Crippen LogP contribution in [0.4, 0.5) is 0 Å². The fraction of sp³-hybridized carbons (Fsp3) is 0.295. The van der Waals surface area contributed by atoms with Gasteiger partial charge in [-0.05, 0) is 61.8 Å². The van der Waals surface area contributed by atoms with Crippen molar-refractivity contribution in [3.8, 4) is 0 Å². The average molecular weight is 703 g/mol. The predicted octanol–water partition coefficient (Wildman–Crippen LogP) is 10.2. The summed E-state index contributed by atoms with van der Waals surface area (Å²) in [6, 6.07) is 19.0. The van der Waals surface area contributed by atoms with Crippen molar-refractivity contribution in [1.29, 1.82) is 0 Å². The van der Waals surface area contributed by atoms with Gasteiger partial charge in [-0.25, -0.2) is 4.98 Å². The smallest absolute Gasteiger partial charge is 0.121 e. The average Bonchev–Trinajstić information content (AvgIpc) is 3.59. The van der Waals surface area contributed by atoms with Gasteiger partial charge >= 0.3 is 0 Å². The lowest BCUT2D eigenvalue weighted by atomic mass is 10.0. The van der Waals surface area contributed by atoms with E-state index in [1.54, 1.807) is 18.0 Å². The van der Waals surface area contributed by atoms with Crippen LogP contribution < -0.4 is 10.6 Å². The summed E-state index contributed by atoms with van der Waals surface area (Å²) in [5.74, 6) is 0.942. The van der Waals surface area contributed by atoms with Crippen LogP contribution in [0.1, 0.15) is 73.1 Å². The van der Waals surface area contributed by atoms with Crippen molar-refractivity contribution in [2.24, 2.45) is 0 Å². The van der Waals surface area contributed by atoms with Gasteiger partial charge in [0.15, 0.2) is 0 Å². The number of rotatable bonds is 24. The summed E-state index contributed by atoms with van der Waals surface area (Å²) in [5, 5.41) is 7.13. The molecule has 0 bridgehead atoms. The van der Waals surface area contributed by atoms with Crippen molar-refractivity contribution in [2.45, 2.75) is 58.0 Å². The molecule has 1 heterocycles. The minimum absolute atomic E-state index is 0.0521. The molecule has 0 amide bonds. The third kappa shape index (κ3) is 12.8. The molecule has 3 rings (SSSR count).